The monoisotopic (exact) mass is 647 g/mol. The number of para-hydroxylation sites is 4. The van der Waals surface area contributed by atoms with E-state index in [1.165, 1.54) is 10.5 Å². The number of piperidine rings is 1. The predicted octanol–water partition coefficient (Wildman–Crippen LogP) is 8.78. The van der Waals surface area contributed by atoms with E-state index in [-0.39, 0.29) is 12.0 Å². The number of hydrogen-bond acceptors (Lipinski definition) is 4. The summed E-state index contributed by atoms with van der Waals surface area (Å²) < 4.78 is 11.2. The van der Waals surface area contributed by atoms with E-state index in [2.05, 4.69) is 81.9 Å². The lowest BCUT2D eigenvalue weighted by atomic mass is 9.89. The van der Waals surface area contributed by atoms with Crippen LogP contribution in [-0.4, -0.2) is 54.9 Å². The molecule has 8 nitrogen and oxygen atoms in total. The smallest absolute Gasteiger partial charge is 0.407 e. The fourth-order valence-corrected chi connectivity index (χ4v) is 7.17. The largest absolute Gasteiger partial charge is 0.491 e. The maximum atomic E-state index is 11.8. The van der Waals surface area contributed by atoms with Crippen LogP contribution in [0.25, 0.3) is 44.8 Å². The van der Waals surface area contributed by atoms with Gasteiger partial charge in [-0.05, 0) is 72.9 Å². The zero-order chi connectivity index (χ0) is 33.2. The first kappa shape index (κ1) is 30.4. The van der Waals surface area contributed by atoms with Crippen molar-refractivity contribution < 1.29 is 14.6 Å². The Morgan fingerprint density at radius 3 is 1.96 bits per heavy atom. The lowest BCUT2D eigenvalue weighted by Gasteiger charge is -2.36. The number of benzene rings is 5. The molecule has 8 rings (SSSR count). The van der Waals surface area contributed by atoms with Crippen LogP contribution in [0.2, 0.25) is 0 Å². The van der Waals surface area contributed by atoms with Gasteiger partial charge in [-0.3, -0.25) is 0 Å². The second-order valence-electron chi connectivity index (χ2n) is 12.7. The van der Waals surface area contributed by atoms with Crippen LogP contribution in [-0.2, 0) is 6.54 Å². The van der Waals surface area contributed by atoms with Gasteiger partial charge in [0.1, 0.15) is 24.0 Å². The molecule has 1 atom stereocenters. The molecule has 0 aliphatic carbocycles. The van der Waals surface area contributed by atoms with Crippen molar-refractivity contribution in [2.45, 2.75) is 25.4 Å². The number of hydrogen-bond donors (Lipinski definition) is 1. The highest BCUT2D eigenvalue weighted by atomic mass is 16.5. The number of likely N-dealkylation sites (tertiary alicyclic amines) is 1. The van der Waals surface area contributed by atoms with Gasteiger partial charge in [-0.25, -0.2) is 14.8 Å². The molecule has 8 heteroatoms. The molecule has 5 aromatic carbocycles. The van der Waals surface area contributed by atoms with Crippen LogP contribution < -0.4 is 4.74 Å². The molecular formula is C41H37N5O3. The van der Waals surface area contributed by atoms with Gasteiger partial charge < -0.3 is 23.9 Å². The van der Waals surface area contributed by atoms with Crippen LogP contribution in [0.4, 0.5) is 4.79 Å². The van der Waals surface area contributed by atoms with Gasteiger partial charge in [-0.15, -0.1) is 0 Å². The standard InChI is InChI=1S/C41H37N5O3/c47-41(48)44-25-23-30(24-26-44)38(46-37-18-10-8-16-35(37)43-40(46)31-13-5-2-6-14-31)28-49-33-21-19-32(20-22-33)39-42-34-15-7-9-17-36(34)45(39)27-29-11-3-1-4-12-29/h1-22,30,38H,23-28H2,(H,47,48). The van der Waals surface area contributed by atoms with Gasteiger partial charge in [0.15, 0.2) is 0 Å². The second kappa shape index (κ2) is 13.3. The van der Waals surface area contributed by atoms with Crippen molar-refractivity contribution in [2.75, 3.05) is 19.7 Å². The Kier molecular flexibility index (Phi) is 8.27. The summed E-state index contributed by atoms with van der Waals surface area (Å²) >= 11 is 0. The molecule has 0 radical (unpaired) electrons. The van der Waals surface area contributed by atoms with Crippen molar-refractivity contribution in [3.63, 3.8) is 0 Å². The molecule has 244 valence electrons. The fraction of sp³-hybridized carbons (Fsp3) is 0.195. The zero-order valence-corrected chi connectivity index (χ0v) is 27.1. The highest BCUT2D eigenvalue weighted by molar-refractivity contribution is 5.82. The van der Waals surface area contributed by atoms with Crippen molar-refractivity contribution in [3.8, 4) is 28.5 Å². The molecule has 1 fully saturated rings. The molecular weight excluding hydrogens is 610 g/mol. The van der Waals surface area contributed by atoms with Gasteiger partial charge in [-0.1, -0.05) is 84.9 Å². The quantitative estimate of drug-likeness (QED) is 0.169. The van der Waals surface area contributed by atoms with Crippen LogP contribution in [0.15, 0.2) is 133 Å². The van der Waals surface area contributed by atoms with E-state index in [1.54, 1.807) is 0 Å². The fourth-order valence-electron chi connectivity index (χ4n) is 7.17. The topological polar surface area (TPSA) is 85.4 Å². The Hall–Kier alpha value is -5.89. The van der Waals surface area contributed by atoms with Crippen LogP contribution in [0, 0.1) is 5.92 Å². The van der Waals surface area contributed by atoms with Gasteiger partial charge in [0.05, 0.1) is 28.1 Å². The highest BCUT2D eigenvalue weighted by Crippen LogP contribution is 2.37. The molecule has 1 N–H and O–H groups in total. The number of aromatic nitrogens is 4. The Labute approximate surface area is 284 Å². The van der Waals surface area contributed by atoms with Crippen molar-refractivity contribution in [1.82, 2.24) is 24.0 Å². The van der Waals surface area contributed by atoms with E-state index >= 15 is 0 Å². The molecule has 2 aromatic heterocycles. The number of imidazole rings is 2. The average molecular weight is 648 g/mol. The summed E-state index contributed by atoms with van der Waals surface area (Å²) in [5.41, 5.74) is 7.31. The number of amides is 1. The molecule has 1 unspecified atom stereocenters. The lowest BCUT2D eigenvalue weighted by Crippen LogP contribution is -2.40. The van der Waals surface area contributed by atoms with Gasteiger partial charge in [0, 0.05) is 30.8 Å². The van der Waals surface area contributed by atoms with E-state index in [9.17, 15) is 9.90 Å². The summed E-state index contributed by atoms with van der Waals surface area (Å²) in [5, 5.41) is 9.65. The molecule has 1 aliphatic rings. The SMILES string of the molecule is O=C(O)N1CCC(C(COc2ccc(-c3nc4ccccc4n3Cc3ccccc3)cc2)n2c(-c3ccccc3)nc3ccccc32)CC1. The van der Waals surface area contributed by atoms with Gasteiger partial charge in [0.2, 0.25) is 0 Å². The molecule has 1 amide bonds. The Morgan fingerprint density at radius 1 is 0.694 bits per heavy atom. The molecule has 1 saturated heterocycles. The van der Waals surface area contributed by atoms with Gasteiger partial charge in [0.25, 0.3) is 0 Å². The Balaban J connectivity index is 1.11. The van der Waals surface area contributed by atoms with Crippen LogP contribution >= 0.6 is 0 Å². The van der Waals surface area contributed by atoms with Crippen molar-refractivity contribution in [3.05, 3.63) is 139 Å². The molecule has 0 saturated carbocycles. The first-order valence-electron chi connectivity index (χ1n) is 16.8. The normalized spacial score (nSPS) is 14.3. The second-order valence-corrected chi connectivity index (χ2v) is 12.7. The Morgan fingerprint density at radius 2 is 1.27 bits per heavy atom. The van der Waals surface area contributed by atoms with Gasteiger partial charge >= 0.3 is 6.09 Å². The number of carbonyl (C=O) groups is 1. The number of nitrogens with zero attached hydrogens (tertiary/aromatic N) is 5. The molecule has 49 heavy (non-hydrogen) atoms. The van der Waals surface area contributed by atoms with E-state index in [4.69, 9.17) is 14.7 Å². The molecule has 1 aliphatic heterocycles. The minimum atomic E-state index is -0.860. The van der Waals surface area contributed by atoms with Crippen molar-refractivity contribution in [2.24, 2.45) is 5.92 Å². The number of fused-ring (bicyclic) bond motifs is 2. The first-order valence-corrected chi connectivity index (χ1v) is 16.8. The van der Waals surface area contributed by atoms with Gasteiger partial charge in [-0.2, -0.15) is 0 Å². The number of carboxylic acid groups (broad SMARTS) is 1. The first-order chi connectivity index (χ1) is 24.1. The molecule has 0 spiro atoms. The molecule has 3 heterocycles. The summed E-state index contributed by atoms with van der Waals surface area (Å²) in [6, 6.07) is 45.4. The Bertz CT molecular complexity index is 2200. The van der Waals surface area contributed by atoms with Crippen molar-refractivity contribution in [1.29, 1.82) is 0 Å². The van der Waals surface area contributed by atoms with Crippen molar-refractivity contribution >= 4 is 28.2 Å². The summed E-state index contributed by atoms with van der Waals surface area (Å²) in [6.45, 7) is 2.15. The summed E-state index contributed by atoms with van der Waals surface area (Å²) in [6.07, 6.45) is 0.636. The number of rotatable bonds is 9. The van der Waals surface area contributed by atoms with Crippen LogP contribution in [0.3, 0.4) is 0 Å². The summed E-state index contributed by atoms with van der Waals surface area (Å²) in [7, 11) is 0. The summed E-state index contributed by atoms with van der Waals surface area (Å²) in [5.74, 6) is 2.78. The third-order valence-electron chi connectivity index (χ3n) is 9.69. The third-order valence-corrected chi connectivity index (χ3v) is 9.69. The predicted molar refractivity (Wildman–Crippen MR) is 193 cm³/mol. The molecule has 0 bridgehead atoms. The molecule has 7 aromatic rings. The summed E-state index contributed by atoms with van der Waals surface area (Å²) in [4.78, 5) is 23.4. The van der Waals surface area contributed by atoms with Crippen LogP contribution in [0.1, 0.15) is 24.4 Å². The van der Waals surface area contributed by atoms with E-state index in [0.717, 1.165) is 70.0 Å². The van der Waals surface area contributed by atoms with E-state index in [0.29, 0.717) is 19.7 Å². The van der Waals surface area contributed by atoms with Crippen LogP contribution in [0.5, 0.6) is 5.75 Å². The minimum absolute atomic E-state index is 0.0618. The zero-order valence-electron chi connectivity index (χ0n) is 27.1. The maximum Gasteiger partial charge on any atom is 0.407 e. The number of ether oxygens (including phenoxy) is 1. The lowest BCUT2D eigenvalue weighted by molar-refractivity contribution is 0.102. The highest BCUT2D eigenvalue weighted by Gasteiger charge is 2.32. The van der Waals surface area contributed by atoms with E-state index < -0.39 is 6.09 Å². The average Bonchev–Trinajstić information content (AvgIpc) is 3.72. The maximum absolute atomic E-state index is 11.8. The minimum Gasteiger partial charge on any atom is -0.491 e. The third kappa shape index (κ3) is 6.13. The van der Waals surface area contributed by atoms with E-state index in [1.807, 2.05) is 60.7 Å².